The summed E-state index contributed by atoms with van der Waals surface area (Å²) in [6, 6.07) is 4.09. The molecule has 0 bridgehead atoms. The Balaban J connectivity index is 2.04. The summed E-state index contributed by atoms with van der Waals surface area (Å²) in [7, 11) is 0. The second kappa shape index (κ2) is 5.18. The van der Waals surface area contributed by atoms with Crippen molar-refractivity contribution in [3.63, 3.8) is 0 Å². The van der Waals surface area contributed by atoms with Gasteiger partial charge in [-0.15, -0.1) is 0 Å². The molecule has 0 spiro atoms. The van der Waals surface area contributed by atoms with Crippen LogP contribution in [-0.4, -0.2) is 11.0 Å². The lowest BCUT2D eigenvalue weighted by molar-refractivity contribution is 0.550. The minimum absolute atomic E-state index is 0.380. The molecular weight excluding hydrogens is 222 g/mol. The van der Waals surface area contributed by atoms with Crippen LogP contribution in [0.2, 0.25) is 5.02 Å². The van der Waals surface area contributed by atoms with Crippen LogP contribution in [0.3, 0.4) is 0 Å². The van der Waals surface area contributed by atoms with Crippen LogP contribution in [0.25, 0.3) is 0 Å². The standard InChI is InChI=1S/C12H13ClN3/c13-11-6-12(15-8-9(11)7-14)16-10-4-2-1-3-5-10/h4,6,8,10H,1-3,5H2,(H,15,16)/t10-/m1/s1. The van der Waals surface area contributed by atoms with E-state index in [1.54, 1.807) is 6.07 Å². The lowest BCUT2D eigenvalue weighted by Crippen LogP contribution is -2.23. The molecule has 0 saturated heterocycles. The number of rotatable bonds is 2. The van der Waals surface area contributed by atoms with Crippen molar-refractivity contribution in [3.05, 3.63) is 29.3 Å². The molecule has 1 radical (unpaired) electrons. The summed E-state index contributed by atoms with van der Waals surface area (Å²) < 4.78 is 0. The molecule has 1 aromatic heterocycles. The van der Waals surface area contributed by atoms with E-state index in [0.717, 1.165) is 18.7 Å². The maximum Gasteiger partial charge on any atom is 0.127 e. The van der Waals surface area contributed by atoms with Crippen molar-refractivity contribution in [1.82, 2.24) is 4.98 Å². The zero-order valence-electron chi connectivity index (χ0n) is 8.91. The summed E-state index contributed by atoms with van der Waals surface area (Å²) in [4.78, 5) is 4.17. The zero-order valence-corrected chi connectivity index (χ0v) is 9.67. The quantitative estimate of drug-likeness (QED) is 0.855. The van der Waals surface area contributed by atoms with Crippen LogP contribution < -0.4 is 5.32 Å². The SMILES string of the molecule is N#Cc1cnc(N[C@@H]2[CH]CCCC2)cc1Cl. The van der Waals surface area contributed by atoms with Crippen LogP contribution in [-0.2, 0) is 0 Å². The Morgan fingerprint density at radius 3 is 3.00 bits per heavy atom. The van der Waals surface area contributed by atoms with Gasteiger partial charge < -0.3 is 5.32 Å². The smallest absolute Gasteiger partial charge is 0.127 e. The topological polar surface area (TPSA) is 48.7 Å². The fraction of sp³-hybridized carbons (Fsp3) is 0.417. The first-order valence-corrected chi connectivity index (χ1v) is 5.83. The van der Waals surface area contributed by atoms with Gasteiger partial charge in [-0.1, -0.05) is 24.4 Å². The van der Waals surface area contributed by atoms with Gasteiger partial charge in [0, 0.05) is 18.3 Å². The summed E-state index contributed by atoms with van der Waals surface area (Å²) in [5.74, 6) is 0.743. The molecule has 0 unspecified atom stereocenters. The van der Waals surface area contributed by atoms with Crippen molar-refractivity contribution >= 4 is 17.4 Å². The molecule has 1 atom stereocenters. The third kappa shape index (κ3) is 2.65. The van der Waals surface area contributed by atoms with E-state index in [1.165, 1.54) is 19.0 Å². The maximum atomic E-state index is 8.73. The molecule has 3 nitrogen and oxygen atoms in total. The lowest BCUT2D eigenvalue weighted by atomic mass is 9.95. The predicted octanol–water partition coefficient (Wildman–Crippen LogP) is 3.17. The molecule has 1 aromatic rings. The Kier molecular flexibility index (Phi) is 3.63. The molecule has 1 aliphatic carbocycles. The molecule has 0 aromatic carbocycles. The molecule has 1 saturated carbocycles. The number of nitrogens with zero attached hydrogens (tertiary/aromatic N) is 2. The monoisotopic (exact) mass is 234 g/mol. The first-order valence-electron chi connectivity index (χ1n) is 5.45. The zero-order chi connectivity index (χ0) is 11.4. The summed E-state index contributed by atoms with van der Waals surface area (Å²) in [5.41, 5.74) is 0.417. The highest BCUT2D eigenvalue weighted by atomic mass is 35.5. The largest absolute Gasteiger partial charge is 0.367 e. The van der Waals surface area contributed by atoms with Gasteiger partial charge in [0.1, 0.15) is 11.9 Å². The van der Waals surface area contributed by atoms with E-state index in [1.807, 2.05) is 6.07 Å². The van der Waals surface area contributed by atoms with E-state index in [0.29, 0.717) is 16.6 Å². The van der Waals surface area contributed by atoms with Crippen LogP contribution in [0.15, 0.2) is 12.3 Å². The summed E-state index contributed by atoms with van der Waals surface area (Å²) in [6.45, 7) is 0. The van der Waals surface area contributed by atoms with Crippen molar-refractivity contribution in [3.8, 4) is 6.07 Å². The third-order valence-electron chi connectivity index (χ3n) is 2.73. The maximum absolute atomic E-state index is 8.73. The van der Waals surface area contributed by atoms with E-state index in [-0.39, 0.29) is 0 Å². The average Bonchev–Trinajstić information content (AvgIpc) is 2.31. The number of hydrogen-bond acceptors (Lipinski definition) is 3. The Morgan fingerprint density at radius 1 is 1.50 bits per heavy atom. The van der Waals surface area contributed by atoms with Gasteiger partial charge in [-0.3, -0.25) is 0 Å². The van der Waals surface area contributed by atoms with Crippen LogP contribution >= 0.6 is 11.6 Å². The van der Waals surface area contributed by atoms with Gasteiger partial charge >= 0.3 is 0 Å². The van der Waals surface area contributed by atoms with Crippen molar-refractivity contribution in [2.45, 2.75) is 31.7 Å². The number of nitriles is 1. The average molecular weight is 235 g/mol. The van der Waals surface area contributed by atoms with Gasteiger partial charge in [0.25, 0.3) is 0 Å². The normalized spacial score (nSPS) is 16.8. The number of anilines is 1. The van der Waals surface area contributed by atoms with Gasteiger partial charge in [-0.05, 0) is 19.3 Å². The minimum Gasteiger partial charge on any atom is -0.367 e. The van der Waals surface area contributed by atoms with Crippen LogP contribution in [0.4, 0.5) is 5.82 Å². The Bertz CT molecular complexity index is 405. The summed E-state index contributed by atoms with van der Waals surface area (Å²) in [5, 5.41) is 12.5. The van der Waals surface area contributed by atoms with Crippen molar-refractivity contribution in [2.75, 3.05) is 5.32 Å². The molecule has 0 aliphatic heterocycles. The molecule has 1 N–H and O–H groups in total. The van der Waals surface area contributed by atoms with Gasteiger partial charge in [-0.2, -0.15) is 5.26 Å². The van der Waals surface area contributed by atoms with E-state index < -0.39 is 0 Å². The summed E-state index contributed by atoms with van der Waals surface area (Å²) in [6.07, 6.45) is 8.60. The molecule has 83 valence electrons. The number of hydrogen-bond donors (Lipinski definition) is 1. The van der Waals surface area contributed by atoms with Crippen molar-refractivity contribution < 1.29 is 0 Å². The van der Waals surface area contributed by atoms with Crippen LogP contribution in [0, 0.1) is 17.8 Å². The van der Waals surface area contributed by atoms with Crippen molar-refractivity contribution in [2.24, 2.45) is 0 Å². The highest BCUT2D eigenvalue weighted by Gasteiger charge is 2.14. The van der Waals surface area contributed by atoms with Gasteiger partial charge in [0.15, 0.2) is 0 Å². The molecule has 1 fully saturated rings. The van der Waals surface area contributed by atoms with Gasteiger partial charge in [0.05, 0.1) is 10.6 Å². The highest BCUT2D eigenvalue weighted by molar-refractivity contribution is 6.31. The molecule has 1 aliphatic rings. The lowest BCUT2D eigenvalue weighted by Gasteiger charge is -2.22. The first kappa shape index (κ1) is 11.2. The minimum atomic E-state index is 0.380. The predicted molar refractivity (Wildman–Crippen MR) is 64.1 cm³/mol. The molecule has 4 heteroatoms. The molecule has 1 heterocycles. The Morgan fingerprint density at radius 2 is 2.38 bits per heavy atom. The summed E-state index contributed by atoms with van der Waals surface area (Å²) >= 11 is 5.93. The second-order valence-corrected chi connectivity index (χ2v) is 4.34. The molecule has 0 amide bonds. The third-order valence-corrected chi connectivity index (χ3v) is 3.04. The van der Waals surface area contributed by atoms with E-state index in [2.05, 4.69) is 16.7 Å². The highest BCUT2D eigenvalue weighted by Crippen LogP contribution is 2.22. The Labute approximate surface area is 100 Å². The first-order chi connectivity index (χ1) is 7.79. The van der Waals surface area contributed by atoms with Crippen LogP contribution in [0.5, 0.6) is 0 Å². The molecular formula is C12H13ClN3. The Hall–Kier alpha value is -1.27. The number of nitrogens with one attached hydrogen (secondary N) is 1. The van der Waals surface area contributed by atoms with Gasteiger partial charge in [0.2, 0.25) is 0 Å². The number of pyridine rings is 1. The number of aromatic nitrogens is 1. The van der Waals surface area contributed by atoms with E-state index in [9.17, 15) is 0 Å². The number of halogens is 1. The van der Waals surface area contributed by atoms with Gasteiger partial charge in [-0.25, -0.2) is 4.98 Å². The van der Waals surface area contributed by atoms with Crippen molar-refractivity contribution in [1.29, 1.82) is 5.26 Å². The second-order valence-electron chi connectivity index (χ2n) is 3.93. The fourth-order valence-corrected chi connectivity index (χ4v) is 2.05. The molecule has 16 heavy (non-hydrogen) atoms. The van der Waals surface area contributed by atoms with E-state index >= 15 is 0 Å². The molecule has 2 rings (SSSR count). The fourth-order valence-electron chi connectivity index (χ4n) is 1.86. The van der Waals surface area contributed by atoms with Crippen LogP contribution in [0.1, 0.15) is 31.2 Å². The van der Waals surface area contributed by atoms with E-state index in [4.69, 9.17) is 16.9 Å².